The van der Waals surface area contributed by atoms with E-state index in [1.54, 1.807) is 36.4 Å². The summed E-state index contributed by atoms with van der Waals surface area (Å²) in [5.41, 5.74) is 1.16. The topological polar surface area (TPSA) is 49.9 Å². The number of methoxy groups -OCH3 is 1. The quantitative estimate of drug-likeness (QED) is 0.657. The molecule has 1 aliphatic heterocycles. The van der Waals surface area contributed by atoms with Crippen LogP contribution in [-0.4, -0.2) is 57.5 Å². The van der Waals surface area contributed by atoms with Gasteiger partial charge in [-0.05, 0) is 55.7 Å². The molecule has 0 bridgehead atoms. The molecule has 2 aromatic rings. The molecule has 1 aliphatic carbocycles. The number of sulfone groups is 1. The lowest BCUT2D eigenvalue weighted by Crippen LogP contribution is -2.51. The van der Waals surface area contributed by atoms with Crippen molar-refractivity contribution in [2.75, 3.05) is 33.3 Å². The number of hydrogen-bond acceptors (Lipinski definition) is 5. The summed E-state index contributed by atoms with van der Waals surface area (Å²) in [6.07, 6.45) is 6.88. The highest BCUT2D eigenvalue weighted by molar-refractivity contribution is 7.91. The first-order valence-electron chi connectivity index (χ1n) is 11.5. The number of benzene rings is 2. The largest absolute Gasteiger partial charge is 0.497 e. The SMILES string of the molecule is COc1cccc(S(=O)(=O)c2ccc([C@H](C)N3CCN(C4CCCCC4)CC3)cc2)c1. The molecule has 0 unspecified atom stereocenters. The molecule has 0 spiro atoms. The number of nitrogens with zero attached hydrogens (tertiary/aromatic N) is 2. The van der Waals surface area contributed by atoms with Gasteiger partial charge in [0, 0.05) is 38.3 Å². The fourth-order valence-corrected chi connectivity index (χ4v) is 6.27. The minimum absolute atomic E-state index is 0.256. The number of piperazine rings is 1. The van der Waals surface area contributed by atoms with E-state index in [9.17, 15) is 8.42 Å². The van der Waals surface area contributed by atoms with Crippen molar-refractivity contribution >= 4 is 9.84 Å². The number of hydrogen-bond donors (Lipinski definition) is 0. The van der Waals surface area contributed by atoms with Crippen LogP contribution in [0.25, 0.3) is 0 Å². The van der Waals surface area contributed by atoms with Crippen LogP contribution < -0.4 is 4.74 Å². The van der Waals surface area contributed by atoms with Gasteiger partial charge < -0.3 is 4.74 Å². The molecule has 31 heavy (non-hydrogen) atoms. The van der Waals surface area contributed by atoms with Gasteiger partial charge in [0.05, 0.1) is 16.9 Å². The van der Waals surface area contributed by atoms with Crippen LogP contribution in [0, 0.1) is 0 Å². The Morgan fingerprint density at radius 2 is 1.58 bits per heavy atom. The average Bonchev–Trinajstić information content (AvgIpc) is 2.84. The summed E-state index contributed by atoms with van der Waals surface area (Å²) in [7, 11) is -2.02. The van der Waals surface area contributed by atoms with E-state index in [1.165, 1.54) is 39.2 Å². The second-order valence-electron chi connectivity index (χ2n) is 8.79. The van der Waals surface area contributed by atoms with Crippen LogP contribution in [0.2, 0.25) is 0 Å². The Kier molecular flexibility index (Phi) is 6.99. The lowest BCUT2D eigenvalue weighted by Gasteiger charge is -2.42. The van der Waals surface area contributed by atoms with Gasteiger partial charge in [-0.1, -0.05) is 37.5 Å². The fourth-order valence-electron chi connectivity index (χ4n) is 4.98. The lowest BCUT2D eigenvalue weighted by molar-refractivity contribution is 0.0602. The standard InChI is InChI=1S/C25H34N2O3S/c1-20(26-15-17-27(18-16-26)22-7-4-3-5-8-22)21-11-13-24(14-12-21)31(28,29)25-10-6-9-23(19-25)30-2/h6,9-14,19-20,22H,3-5,7-8,15-18H2,1-2H3/t20-/m0/s1. The summed E-state index contributed by atoms with van der Waals surface area (Å²) in [5, 5.41) is 0. The molecule has 6 heteroatoms. The summed E-state index contributed by atoms with van der Waals surface area (Å²) in [4.78, 5) is 5.78. The average molecular weight is 443 g/mol. The molecule has 2 fully saturated rings. The van der Waals surface area contributed by atoms with Gasteiger partial charge in [-0.15, -0.1) is 0 Å². The predicted molar refractivity (Wildman–Crippen MR) is 123 cm³/mol. The van der Waals surface area contributed by atoms with Crippen LogP contribution >= 0.6 is 0 Å². The highest BCUT2D eigenvalue weighted by atomic mass is 32.2. The van der Waals surface area contributed by atoms with Gasteiger partial charge in [0.2, 0.25) is 9.84 Å². The highest BCUT2D eigenvalue weighted by Gasteiger charge is 2.27. The highest BCUT2D eigenvalue weighted by Crippen LogP contribution is 2.29. The van der Waals surface area contributed by atoms with Crippen LogP contribution in [0.3, 0.4) is 0 Å². The summed E-state index contributed by atoms with van der Waals surface area (Å²) >= 11 is 0. The second-order valence-corrected chi connectivity index (χ2v) is 10.7. The number of ether oxygens (including phenoxy) is 1. The van der Waals surface area contributed by atoms with E-state index in [-0.39, 0.29) is 10.9 Å². The third-order valence-corrected chi connectivity index (χ3v) is 8.78. The van der Waals surface area contributed by atoms with Crippen molar-refractivity contribution in [3.05, 3.63) is 54.1 Å². The molecular weight excluding hydrogens is 408 g/mol. The second kappa shape index (κ2) is 9.72. The molecule has 0 aromatic heterocycles. The van der Waals surface area contributed by atoms with E-state index in [0.717, 1.165) is 37.8 Å². The Labute approximate surface area is 186 Å². The summed E-state index contributed by atoms with van der Waals surface area (Å²) in [5.74, 6) is 0.540. The molecule has 0 amide bonds. The molecular formula is C25H34N2O3S. The van der Waals surface area contributed by atoms with E-state index in [4.69, 9.17) is 4.74 Å². The van der Waals surface area contributed by atoms with Gasteiger partial charge in [0.15, 0.2) is 0 Å². The Morgan fingerprint density at radius 3 is 2.23 bits per heavy atom. The molecule has 168 valence electrons. The van der Waals surface area contributed by atoms with Crippen molar-refractivity contribution in [3.63, 3.8) is 0 Å². The van der Waals surface area contributed by atoms with Crippen molar-refractivity contribution in [1.29, 1.82) is 0 Å². The Hall–Kier alpha value is -1.89. The Morgan fingerprint density at radius 1 is 0.903 bits per heavy atom. The summed E-state index contributed by atoms with van der Waals surface area (Å²) in [6.45, 7) is 6.64. The van der Waals surface area contributed by atoms with E-state index >= 15 is 0 Å². The van der Waals surface area contributed by atoms with Gasteiger partial charge in [-0.3, -0.25) is 9.80 Å². The smallest absolute Gasteiger partial charge is 0.206 e. The van der Waals surface area contributed by atoms with E-state index in [2.05, 4.69) is 16.7 Å². The molecule has 1 saturated heterocycles. The van der Waals surface area contributed by atoms with E-state index in [0.29, 0.717) is 10.6 Å². The molecule has 1 saturated carbocycles. The Balaban J connectivity index is 1.41. The summed E-state index contributed by atoms with van der Waals surface area (Å²) < 4.78 is 31.2. The molecule has 2 aromatic carbocycles. The third-order valence-electron chi connectivity index (χ3n) is 7.01. The van der Waals surface area contributed by atoms with Crippen LogP contribution in [0.15, 0.2) is 58.3 Å². The summed E-state index contributed by atoms with van der Waals surface area (Å²) in [6, 6.07) is 15.1. The molecule has 2 aliphatic rings. The van der Waals surface area contributed by atoms with Crippen LogP contribution in [-0.2, 0) is 9.84 Å². The number of rotatable bonds is 6. The van der Waals surface area contributed by atoms with Gasteiger partial charge in [-0.2, -0.15) is 0 Å². The van der Waals surface area contributed by atoms with Crippen molar-refractivity contribution < 1.29 is 13.2 Å². The van der Waals surface area contributed by atoms with Crippen molar-refractivity contribution in [2.45, 2.75) is 60.9 Å². The van der Waals surface area contributed by atoms with Gasteiger partial charge >= 0.3 is 0 Å². The van der Waals surface area contributed by atoms with Crippen molar-refractivity contribution in [1.82, 2.24) is 9.80 Å². The van der Waals surface area contributed by atoms with E-state index < -0.39 is 9.84 Å². The maximum Gasteiger partial charge on any atom is 0.206 e. The fraction of sp³-hybridized carbons (Fsp3) is 0.520. The van der Waals surface area contributed by atoms with Gasteiger partial charge in [0.25, 0.3) is 0 Å². The van der Waals surface area contributed by atoms with Crippen molar-refractivity contribution in [3.8, 4) is 5.75 Å². The molecule has 5 nitrogen and oxygen atoms in total. The third kappa shape index (κ3) is 4.97. The first kappa shape index (κ1) is 22.3. The normalized spacial score (nSPS) is 20.5. The monoisotopic (exact) mass is 442 g/mol. The van der Waals surface area contributed by atoms with Crippen LogP contribution in [0.4, 0.5) is 0 Å². The zero-order valence-corrected chi connectivity index (χ0v) is 19.5. The predicted octanol–water partition coefficient (Wildman–Crippen LogP) is 4.54. The van der Waals surface area contributed by atoms with E-state index in [1.807, 2.05) is 12.1 Å². The van der Waals surface area contributed by atoms with Crippen LogP contribution in [0.1, 0.15) is 50.6 Å². The Bertz CT molecular complexity index is 961. The maximum atomic E-state index is 13.0. The first-order valence-corrected chi connectivity index (χ1v) is 12.9. The maximum absolute atomic E-state index is 13.0. The zero-order valence-electron chi connectivity index (χ0n) is 18.7. The minimum atomic E-state index is -3.56. The molecule has 0 radical (unpaired) electrons. The van der Waals surface area contributed by atoms with Crippen molar-refractivity contribution in [2.24, 2.45) is 0 Å². The van der Waals surface area contributed by atoms with Crippen LogP contribution in [0.5, 0.6) is 5.75 Å². The molecule has 1 heterocycles. The minimum Gasteiger partial charge on any atom is -0.497 e. The molecule has 0 N–H and O–H groups in total. The zero-order chi connectivity index (χ0) is 21.8. The van der Waals surface area contributed by atoms with Gasteiger partial charge in [-0.25, -0.2) is 8.42 Å². The van der Waals surface area contributed by atoms with Gasteiger partial charge in [0.1, 0.15) is 5.75 Å². The molecule has 1 atom stereocenters. The lowest BCUT2D eigenvalue weighted by atomic mass is 9.93. The first-order chi connectivity index (χ1) is 15.0. The molecule has 4 rings (SSSR count).